The Morgan fingerprint density at radius 3 is 3.05 bits per heavy atom. The summed E-state index contributed by atoms with van der Waals surface area (Å²) in [6.07, 6.45) is 2.51. The van der Waals surface area contributed by atoms with Gasteiger partial charge in [0.1, 0.15) is 5.75 Å². The number of nitrogens with zero attached hydrogens (tertiary/aromatic N) is 3. The Bertz CT molecular complexity index is 630. The molecule has 2 aromatic rings. The summed E-state index contributed by atoms with van der Waals surface area (Å²) in [5.74, 6) is 1.64. The van der Waals surface area contributed by atoms with Crippen LogP contribution >= 0.6 is 12.2 Å². The minimum Gasteiger partial charge on any atom is -0.494 e. The SMILES string of the molecule is CCOc1cccc(/C=N/n2c(CC)n[nH]c2=S)c1. The standard InChI is InChI=1S/C13H16N4OS/c1-3-12-15-16-13(19)17(12)14-9-10-6-5-7-11(8-10)18-4-2/h5-9H,3-4H2,1-2H3,(H,16,19)/b14-9+. The zero-order chi connectivity index (χ0) is 13.7. The third kappa shape index (κ3) is 3.29. The lowest BCUT2D eigenvalue weighted by molar-refractivity contribution is 0.340. The van der Waals surface area contributed by atoms with Crippen LogP contribution in [0.4, 0.5) is 0 Å². The molecule has 1 heterocycles. The third-order valence-electron chi connectivity index (χ3n) is 2.53. The number of aromatic nitrogens is 3. The summed E-state index contributed by atoms with van der Waals surface area (Å²) < 4.78 is 7.57. The zero-order valence-corrected chi connectivity index (χ0v) is 11.8. The topological polar surface area (TPSA) is 55.2 Å². The van der Waals surface area contributed by atoms with Crippen LogP contribution in [0, 0.1) is 4.77 Å². The number of hydrogen-bond donors (Lipinski definition) is 1. The molecule has 19 heavy (non-hydrogen) atoms. The molecule has 0 unspecified atom stereocenters. The number of hydrogen-bond acceptors (Lipinski definition) is 4. The van der Waals surface area contributed by atoms with Gasteiger partial charge in [-0.2, -0.15) is 14.9 Å². The summed E-state index contributed by atoms with van der Waals surface area (Å²) >= 11 is 5.13. The average molecular weight is 276 g/mol. The number of benzene rings is 1. The molecule has 1 N–H and O–H groups in total. The Morgan fingerprint density at radius 1 is 1.47 bits per heavy atom. The van der Waals surface area contributed by atoms with Crippen molar-refractivity contribution in [1.29, 1.82) is 0 Å². The van der Waals surface area contributed by atoms with Crippen LogP contribution in [0.1, 0.15) is 25.2 Å². The summed E-state index contributed by atoms with van der Waals surface area (Å²) in [5.41, 5.74) is 0.955. The lowest BCUT2D eigenvalue weighted by Gasteiger charge is -2.03. The third-order valence-corrected chi connectivity index (χ3v) is 2.79. The highest BCUT2D eigenvalue weighted by atomic mass is 32.1. The summed E-state index contributed by atoms with van der Waals surface area (Å²) in [6, 6.07) is 7.74. The fraction of sp³-hybridized carbons (Fsp3) is 0.308. The van der Waals surface area contributed by atoms with Crippen LogP contribution in [0.25, 0.3) is 0 Å². The predicted octanol–water partition coefficient (Wildman–Crippen LogP) is 2.78. The number of aromatic amines is 1. The largest absolute Gasteiger partial charge is 0.494 e. The molecule has 0 bridgehead atoms. The fourth-order valence-corrected chi connectivity index (χ4v) is 1.85. The first-order valence-electron chi connectivity index (χ1n) is 6.18. The second-order valence-electron chi connectivity index (χ2n) is 3.86. The Hall–Kier alpha value is -1.95. The highest BCUT2D eigenvalue weighted by Gasteiger charge is 2.01. The molecular formula is C13H16N4OS. The van der Waals surface area contributed by atoms with Gasteiger partial charge in [0.25, 0.3) is 0 Å². The van der Waals surface area contributed by atoms with E-state index in [4.69, 9.17) is 17.0 Å². The summed E-state index contributed by atoms with van der Waals surface area (Å²) in [4.78, 5) is 0. The number of rotatable bonds is 5. The lowest BCUT2D eigenvalue weighted by atomic mass is 10.2. The van der Waals surface area contributed by atoms with Gasteiger partial charge in [0.2, 0.25) is 4.77 Å². The van der Waals surface area contributed by atoms with E-state index in [0.29, 0.717) is 11.4 Å². The van der Waals surface area contributed by atoms with Crippen LogP contribution in [0.3, 0.4) is 0 Å². The predicted molar refractivity (Wildman–Crippen MR) is 77.4 cm³/mol. The molecule has 0 aliphatic rings. The second kappa shape index (κ2) is 6.29. The van der Waals surface area contributed by atoms with Gasteiger partial charge in [-0.3, -0.25) is 5.10 Å². The lowest BCUT2D eigenvalue weighted by Crippen LogP contribution is -1.97. The molecule has 0 spiro atoms. The maximum absolute atomic E-state index is 5.44. The normalized spacial score (nSPS) is 11.1. The van der Waals surface area contributed by atoms with Crippen LogP contribution in [0.15, 0.2) is 29.4 Å². The fourth-order valence-electron chi connectivity index (χ4n) is 1.65. The second-order valence-corrected chi connectivity index (χ2v) is 4.25. The molecule has 5 nitrogen and oxygen atoms in total. The van der Waals surface area contributed by atoms with Crippen molar-refractivity contribution < 1.29 is 4.74 Å². The molecule has 0 amide bonds. The van der Waals surface area contributed by atoms with Crippen LogP contribution in [-0.4, -0.2) is 27.7 Å². The van der Waals surface area contributed by atoms with Crippen molar-refractivity contribution in [2.75, 3.05) is 6.61 Å². The Balaban J connectivity index is 2.24. The van der Waals surface area contributed by atoms with Gasteiger partial charge < -0.3 is 4.74 Å². The van der Waals surface area contributed by atoms with E-state index in [0.717, 1.165) is 23.6 Å². The van der Waals surface area contributed by atoms with Crippen LogP contribution in [0.2, 0.25) is 0 Å². The van der Waals surface area contributed by atoms with Crippen molar-refractivity contribution in [3.63, 3.8) is 0 Å². The molecule has 0 radical (unpaired) electrons. The van der Waals surface area contributed by atoms with Crippen LogP contribution < -0.4 is 4.74 Å². The number of H-pyrrole nitrogens is 1. The highest BCUT2D eigenvalue weighted by molar-refractivity contribution is 7.71. The maximum Gasteiger partial charge on any atom is 0.216 e. The highest BCUT2D eigenvalue weighted by Crippen LogP contribution is 2.12. The number of nitrogens with one attached hydrogen (secondary N) is 1. The van der Waals surface area contributed by atoms with E-state index in [2.05, 4.69) is 15.3 Å². The molecule has 0 aliphatic carbocycles. The van der Waals surface area contributed by atoms with Gasteiger partial charge >= 0.3 is 0 Å². The van der Waals surface area contributed by atoms with Gasteiger partial charge in [-0.25, -0.2) is 0 Å². The van der Waals surface area contributed by atoms with Crippen molar-refractivity contribution in [2.24, 2.45) is 5.10 Å². The summed E-state index contributed by atoms with van der Waals surface area (Å²) in [5, 5.41) is 11.2. The van der Waals surface area contributed by atoms with Crippen molar-refractivity contribution in [2.45, 2.75) is 20.3 Å². The zero-order valence-electron chi connectivity index (χ0n) is 11.0. The molecule has 0 aliphatic heterocycles. The van der Waals surface area contributed by atoms with Crippen LogP contribution in [-0.2, 0) is 6.42 Å². The summed E-state index contributed by atoms with van der Waals surface area (Å²) in [6.45, 7) is 4.61. The molecular weight excluding hydrogens is 260 g/mol. The molecule has 0 saturated carbocycles. The van der Waals surface area contributed by atoms with E-state index in [9.17, 15) is 0 Å². The van der Waals surface area contributed by atoms with Gasteiger partial charge in [0.15, 0.2) is 5.82 Å². The number of ether oxygens (including phenoxy) is 1. The van der Waals surface area contributed by atoms with Crippen molar-refractivity contribution in [3.05, 3.63) is 40.4 Å². The Morgan fingerprint density at radius 2 is 2.32 bits per heavy atom. The minimum absolute atomic E-state index is 0.495. The van der Waals surface area contributed by atoms with E-state index in [1.807, 2.05) is 38.1 Å². The van der Waals surface area contributed by atoms with Gasteiger partial charge in [-0.1, -0.05) is 19.1 Å². The first-order chi connectivity index (χ1) is 9.24. The van der Waals surface area contributed by atoms with Gasteiger partial charge in [-0.05, 0) is 36.8 Å². The van der Waals surface area contributed by atoms with E-state index in [1.54, 1.807) is 10.9 Å². The average Bonchev–Trinajstić information content (AvgIpc) is 2.78. The molecule has 1 aromatic heterocycles. The number of aryl methyl sites for hydroxylation is 1. The van der Waals surface area contributed by atoms with E-state index in [1.165, 1.54) is 0 Å². The monoisotopic (exact) mass is 276 g/mol. The molecule has 2 rings (SSSR count). The molecule has 0 atom stereocenters. The van der Waals surface area contributed by atoms with Gasteiger partial charge in [0, 0.05) is 6.42 Å². The molecule has 100 valence electrons. The first-order valence-corrected chi connectivity index (χ1v) is 6.59. The van der Waals surface area contributed by atoms with Crippen molar-refractivity contribution in [3.8, 4) is 5.75 Å². The molecule has 1 aromatic carbocycles. The quantitative estimate of drug-likeness (QED) is 0.675. The molecule has 0 fully saturated rings. The maximum atomic E-state index is 5.44. The Labute approximate surface area is 116 Å². The van der Waals surface area contributed by atoms with E-state index < -0.39 is 0 Å². The van der Waals surface area contributed by atoms with E-state index >= 15 is 0 Å². The smallest absolute Gasteiger partial charge is 0.216 e. The van der Waals surface area contributed by atoms with Gasteiger partial charge in [-0.15, -0.1) is 0 Å². The van der Waals surface area contributed by atoms with Crippen LogP contribution in [0.5, 0.6) is 5.75 Å². The van der Waals surface area contributed by atoms with E-state index in [-0.39, 0.29) is 0 Å². The Kier molecular flexibility index (Phi) is 4.46. The molecule has 6 heteroatoms. The molecule has 0 saturated heterocycles. The van der Waals surface area contributed by atoms with Gasteiger partial charge in [0.05, 0.1) is 12.8 Å². The minimum atomic E-state index is 0.495. The van der Waals surface area contributed by atoms with Crippen molar-refractivity contribution in [1.82, 2.24) is 14.9 Å². The summed E-state index contributed by atoms with van der Waals surface area (Å²) in [7, 11) is 0. The first kappa shape index (κ1) is 13.5. The van der Waals surface area contributed by atoms with Crippen molar-refractivity contribution >= 4 is 18.4 Å².